The van der Waals surface area contributed by atoms with Gasteiger partial charge >= 0.3 is 5.97 Å². The molecule has 198 valence electrons. The molecule has 38 heavy (non-hydrogen) atoms. The Balaban J connectivity index is 1.59. The topological polar surface area (TPSA) is 153 Å². The van der Waals surface area contributed by atoms with Gasteiger partial charge in [0.15, 0.2) is 17.5 Å². The van der Waals surface area contributed by atoms with Crippen molar-refractivity contribution in [2.24, 2.45) is 0 Å². The Labute approximate surface area is 222 Å². The molecule has 0 N–H and O–H groups in total. The Hall–Kier alpha value is -4.10. The largest absolute Gasteiger partial charge is 0.497 e. The van der Waals surface area contributed by atoms with E-state index >= 15 is 0 Å². The average molecular weight is 562 g/mol. The smallest absolute Gasteiger partial charge is 0.333 e. The number of nitrogens with zero attached hydrogens (tertiary/aromatic N) is 3. The van der Waals surface area contributed by atoms with Gasteiger partial charge in [-0.05, 0) is 46.9 Å². The Morgan fingerprint density at radius 3 is 2.39 bits per heavy atom. The van der Waals surface area contributed by atoms with E-state index in [1.807, 2.05) is 0 Å². The number of carbonyl (C=O) groups is 4. The number of nitro benzene ring substituents is 1. The first-order valence-corrected chi connectivity index (χ1v) is 13.0. The predicted octanol–water partition coefficient (Wildman–Crippen LogP) is 2.33. The third-order valence-corrected chi connectivity index (χ3v) is 7.56. The van der Waals surface area contributed by atoms with Crippen LogP contribution in [0.2, 0.25) is 0 Å². The molecule has 0 aliphatic carbocycles. The Bertz CT molecular complexity index is 1410. The zero-order valence-electron chi connectivity index (χ0n) is 20.0. The number of imide groups is 1. The summed E-state index contributed by atoms with van der Waals surface area (Å²) in [5.41, 5.74) is -0.593. The molecule has 12 nitrogen and oxygen atoms in total. The summed E-state index contributed by atoms with van der Waals surface area (Å²) in [6, 6.07) is 7.09. The molecule has 0 aromatic heterocycles. The Morgan fingerprint density at radius 1 is 1.18 bits per heavy atom. The molecule has 4 rings (SSSR count). The summed E-state index contributed by atoms with van der Waals surface area (Å²) < 4.78 is 23.0. The summed E-state index contributed by atoms with van der Waals surface area (Å²) >= 11 is 0. The number of amides is 3. The van der Waals surface area contributed by atoms with Crippen molar-refractivity contribution in [2.45, 2.75) is 31.0 Å². The van der Waals surface area contributed by atoms with E-state index in [0.29, 0.717) is 16.2 Å². The molecule has 14 heteroatoms. The number of rotatable bonds is 9. The molecule has 1 fully saturated rings. The summed E-state index contributed by atoms with van der Waals surface area (Å²) in [6.45, 7) is 5.01. The minimum atomic E-state index is -2.37. The maximum atomic E-state index is 13.3. The third kappa shape index (κ3) is 4.43. The highest BCUT2D eigenvalue weighted by Crippen LogP contribution is 2.39. The zero-order valence-corrected chi connectivity index (χ0v) is 21.6. The highest BCUT2D eigenvalue weighted by atomic mass is 35.7. The molecular formula is C24H20ClN3O9S. The van der Waals surface area contributed by atoms with Crippen molar-refractivity contribution in [1.82, 2.24) is 9.80 Å². The van der Waals surface area contributed by atoms with E-state index in [0.717, 1.165) is 11.0 Å². The number of β-lactam (4-membered cyclic amide) rings is 1. The van der Waals surface area contributed by atoms with E-state index in [4.69, 9.17) is 20.2 Å². The van der Waals surface area contributed by atoms with Crippen LogP contribution >= 0.6 is 10.7 Å². The van der Waals surface area contributed by atoms with E-state index in [9.17, 15) is 33.5 Å². The van der Waals surface area contributed by atoms with Gasteiger partial charge in [-0.2, -0.15) is 0 Å². The number of benzene rings is 2. The number of methoxy groups -OCH3 is 1. The van der Waals surface area contributed by atoms with Crippen LogP contribution in [0.4, 0.5) is 5.69 Å². The molecular weight excluding hydrogens is 542 g/mol. The fourth-order valence-corrected chi connectivity index (χ4v) is 5.77. The van der Waals surface area contributed by atoms with Gasteiger partial charge in [-0.15, -0.1) is 0 Å². The standard InChI is InChI=1S/C24H20ClN3O9S/c1-12(2)18(24(32)37-11-13-7-9-14(36-3)10-8-13)27-22(31)19(23(27)38(25)35)26-20(29)15-5-4-6-16(28(33)34)17(15)21(26)30/h4-10,18-19,23H,1,11H2,2-3H3. The number of carbonyl (C=O) groups excluding carboxylic acids is 4. The first-order chi connectivity index (χ1) is 18.0. The number of ether oxygens (including phenoxy) is 2. The molecule has 3 amide bonds. The van der Waals surface area contributed by atoms with Crippen LogP contribution in [0.5, 0.6) is 5.75 Å². The van der Waals surface area contributed by atoms with Crippen LogP contribution in [-0.4, -0.2) is 67.2 Å². The number of halogens is 1. The normalized spacial score (nSPS) is 19.9. The summed E-state index contributed by atoms with van der Waals surface area (Å²) in [6.07, 6.45) is 0. The van der Waals surface area contributed by atoms with Crippen LogP contribution in [0.15, 0.2) is 54.6 Å². The quantitative estimate of drug-likeness (QED) is 0.0853. The van der Waals surface area contributed by atoms with Gasteiger partial charge in [0.2, 0.25) is 0 Å². The van der Waals surface area contributed by atoms with Crippen LogP contribution < -0.4 is 4.74 Å². The van der Waals surface area contributed by atoms with Crippen molar-refractivity contribution in [3.05, 3.63) is 81.4 Å². The Morgan fingerprint density at radius 2 is 1.84 bits per heavy atom. The van der Waals surface area contributed by atoms with E-state index in [1.165, 1.54) is 26.2 Å². The number of nitro groups is 1. The van der Waals surface area contributed by atoms with Crippen molar-refractivity contribution in [3.8, 4) is 5.75 Å². The number of hydrogen-bond acceptors (Lipinski definition) is 9. The number of esters is 1. The van der Waals surface area contributed by atoms with E-state index in [1.54, 1.807) is 24.3 Å². The predicted molar refractivity (Wildman–Crippen MR) is 133 cm³/mol. The van der Waals surface area contributed by atoms with Crippen molar-refractivity contribution in [3.63, 3.8) is 0 Å². The molecule has 1 saturated heterocycles. The molecule has 2 aliphatic rings. The summed E-state index contributed by atoms with van der Waals surface area (Å²) in [5, 5.41) is 9.91. The van der Waals surface area contributed by atoms with Crippen molar-refractivity contribution in [1.29, 1.82) is 0 Å². The third-order valence-electron chi connectivity index (χ3n) is 6.15. The summed E-state index contributed by atoms with van der Waals surface area (Å²) in [7, 11) is 5.02. The van der Waals surface area contributed by atoms with Gasteiger partial charge < -0.3 is 14.4 Å². The van der Waals surface area contributed by atoms with Crippen LogP contribution in [0.3, 0.4) is 0 Å². The van der Waals surface area contributed by atoms with Gasteiger partial charge in [0.1, 0.15) is 27.9 Å². The Kier molecular flexibility index (Phi) is 7.33. The monoisotopic (exact) mass is 561 g/mol. The van der Waals surface area contributed by atoms with Crippen molar-refractivity contribution >= 4 is 50.1 Å². The lowest BCUT2D eigenvalue weighted by atomic mass is 9.98. The highest BCUT2D eigenvalue weighted by Gasteiger charge is 2.62. The molecule has 4 atom stereocenters. The molecule has 2 aromatic rings. The fraction of sp³-hybridized carbons (Fsp3) is 0.250. The first-order valence-electron chi connectivity index (χ1n) is 11.0. The second-order valence-electron chi connectivity index (χ2n) is 8.47. The second-order valence-corrected chi connectivity index (χ2v) is 10.4. The maximum Gasteiger partial charge on any atom is 0.333 e. The molecule has 0 spiro atoms. The maximum absolute atomic E-state index is 13.3. The molecule has 0 saturated carbocycles. The van der Waals surface area contributed by atoms with Crippen LogP contribution in [-0.2, 0) is 30.9 Å². The highest BCUT2D eigenvalue weighted by molar-refractivity contribution is 8.08. The molecule has 0 bridgehead atoms. The van der Waals surface area contributed by atoms with E-state index in [2.05, 4.69) is 6.58 Å². The number of likely N-dealkylation sites (tertiary alicyclic amines) is 1. The average Bonchev–Trinajstić information content (AvgIpc) is 3.13. The van der Waals surface area contributed by atoms with Gasteiger partial charge in [-0.25, -0.2) is 9.00 Å². The summed E-state index contributed by atoms with van der Waals surface area (Å²) in [4.78, 5) is 64.4. The lowest BCUT2D eigenvalue weighted by molar-refractivity contribution is -0.385. The van der Waals surface area contributed by atoms with Crippen molar-refractivity contribution in [2.75, 3.05) is 7.11 Å². The van der Waals surface area contributed by atoms with Crippen molar-refractivity contribution < 1.29 is 37.8 Å². The molecule has 2 aliphatic heterocycles. The minimum Gasteiger partial charge on any atom is -0.497 e. The molecule has 2 aromatic carbocycles. The van der Waals surface area contributed by atoms with Crippen LogP contribution in [0.25, 0.3) is 0 Å². The minimum absolute atomic E-state index is 0.154. The van der Waals surface area contributed by atoms with Crippen LogP contribution in [0.1, 0.15) is 33.2 Å². The second kappa shape index (κ2) is 10.3. The zero-order chi connectivity index (χ0) is 27.9. The van der Waals surface area contributed by atoms with E-state index < -0.39 is 67.3 Å². The van der Waals surface area contributed by atoms with Gasteiger partial charge in [0.05, 0.1) is 17.6 Å². The van der Waals surface area contributed by atoms with E-state index in [-0.39, 0.29) is 17.7 Å². The van der Waals surface area contributed by atoms with Crippen LogP contribution in [0, 0.1) is 10.1 Å². The first kappa shape index (κ1) is 26.9. The molecule has 0 radical (unpaired) electrons. The lowest BCUT2D eigenvalue weighted by Gasteiger charge is -2.50. The molecule has 2 heterocycles. The van der Waals surface area contributed by atoms with Gasteiger partial charge in [-0.3, -0.25) is 29.4 Å². The van der Waals surface area contributed by atoms with Gasteiger partial charge in [0.25, 0.3) is 23.4 Å². The number of fused-ring (bicyclic) bond motifs is 1. The molecule has 4 unspecified atom stereocenters. The number of hydrogen-bond donors (Lipinski definition) is 0. The summed E-state index contributed by atoms with van der Waals surface area (Å²) in [5.74, 6) is -3.30. The lowest BCUT2D eigenvalue weighted by Crippen LogP contribution is -2.75. The SMILES string of the molecule is C=C(C)C(C(=O)OCc1ccc(OC)cc1)N1C(=O)C(N2C(=O)c3cccc([N+](=O)[O-])c3C2=O)C1S(=O)Cl. The van der Waals surface area contributed by atoms with Gasteiger partial charge in [-0.1, -0.05) is 24.8 Å². The fourth-order valence-electron chi connectivity index (χ4n) is 4.37. The van der Waals surface area contributed by atoms with Gasteiger partial charge in [0, 0.05) is 6.07 Å².